The Balaban J connectivity index is 2.12. The molecule has 1 aromatic heterocycles. The molecule has 0 aliphatic carbocycles. The third-order valence-electron chi connectivity index (χ3n) is 3.97. The lowest BCUT2D eigenvalue weighted by Crippen LogP contribution is -2.46. The molecule has 0 atom stereocenters. The van der Waals surface area contributed by atoms with Crippen molar-refractivity contribution >= 4 is 26.0 Å². The van der Waals surface area contributed by atoms with Crippen LogP contribution in [0.3, 0.4) is 0 Å². The summed E-state index contributed by atoms with van der Waals surface area (Å²) in [5, 5.41) is 7.63. The van der Waals surface area contributed by atoms with Crippen LogP contribution in [0.15, 0.2) is 9.63 Å². The molecule has 0 saturated carbocycles. The Bertz CT molecular complexity index is 561. The second-order valence-corrected chi connectivity index (χ2v) is 8.07. The first-order valence-corrected chi connectivity index (χ1v) is 9.36. The highest BCUT2D eigenvalue weighted by Crippen LogP contribution is 2.26. The SMILES string of the molecule is CCCN1CCC(N(C)S(=O)(=O)c2c(Br)nnn2C)CC1. The van der Waals surface area contributed by atoms with Gasteiger partial charge in [-0.05, 0) is 54.8 Å². The molecule has 9 heteroatoms. The Hall–Kier alpha value is -0.510. The van der Waals surface area contributed by atoms with Crippen LogP contribution in [0, 0.1) is 0 Å². The van der Waals surface area contributed by atoms with E-state index in [1.54, 1.807) is 14.1 Å². The standard InChI is InChI=1S/C12H22BrN5O2S/c1-4-7-18-8-5-10(6-9-18)17(3)21(19,20)12-11(13)14-15-16(12)2/h10H,4-9H2,1-3H3. The van der Waals surface area contributed by atoms with Crippen LogP contribution in [-0.4, -0.2) is 65.3 Å². The van der Waals surface area contributed by atoms with Gasteiger partial charge in [0.25, 0.3) is 10.0 Å². The van der Waals surface area contributed by atoms with E-state index in [9.17, 15) is 8.42 Å². The Morgan fingerprint density at radius 2 is 2.00 bits per heavy atom. The molecule has 0 N–H and O–H groups in total. The maximum Gasteiger partial charge on any atom is 0.263 e. The van der Waals surface area contributed by atoms with Crippen molar-refractivity contribution in [2.45, 2.75) is 37.3 Å². The molecule has 1 saturated heterocycles. The van der Waals surface area contributed by atoms with E-state index in [0.29, 0.717) is 0 Å². The zero-order chi connectivity index (χ0) is 15.6. The maximum atomic E-state index is 12.7. The number of sulfonamides is 1. The number of hydrogen-bond acceptors (Lipinski definition) is 5. The molecule has 2 heterocycles. The van der Waals surface area contributed by atoms with Gasteiger partial charge in [-0.25, -0.2) is 13.1 Å². The topological polar surface area (TPSA) is 71.3 Å². The molecule has 1 fully saturated rings. The average molecular weight is 380 g/mol. The van der Waals surface area contributed by atoms with E-state index in [1.807, 2.05) is 0 Å². The third-order valence-corrected chi connectivity index (χ3v) is 6.77. The van der Waals surface area contributed by atoms with Crippen molar-refractivity contribution in [1.82, 2.24) is 24.2 Å². The molecule has 1 aromatic rings. The fourth-order valence-corrected chi connectivity index (χ4v) is 5.19. The predicted molar refractivity (Wildman–Crippen MR) is 83.4 cm³/mol. The first-order chi connectivity index (χ1) is 9.87. The monoisotopic (exact) mass is 379 g/mol. The minimum Gasteiger partial charge on any atom is -0.303 e. The highest BCUT2D eigenvalue weighted by Gasteiger charge is 2.34. The summed E-state index contributed by atoms with van der Waals surface area (Å²) in [5.41, 5.74) is 0. The predicted octanol–water partition coefficient (Wildman–Crippen LogP) is 1.07. The number of nitrogens with zero attached hydrogens (tertiary/aromatic N) is 5. The van der Waals surface area contributed by atoms with Crippen LogP contribution >= 0.6 is 15.9 Å². The van der Waals surface area contributed by atoms with Gasteiger partial charge in [0.2, 0.25) is 5.03 Å². The van der Waals surface area contributed by atoms with Gasteiger partial charge >= 0.3 is 0 Å². The molecule has 120 valence electrons. The lowest BCUT2D eigenvalue weighted by atomic mass is 10.1. The van der Waals surface area contributed by atoms with E-state index < -0.39 is 10.0 Å². The van der Waals surface area contributed by atoms with E-state index in [0.717, 1.165) is 38.9 Å². The van der Waals surface area contributed by atoms with Crippen molar-refractivity contribution in [3.63, 3.8) is 0 Å². The van der Waals surface area contributed by atoms with Gasteiger partial charge in [-0.2, -0.15) is 4.31 Å². The summed E-state index contributed by atoms with van der Waals surface area (Å²) >= 11 is 3.17. The van der Waals surface area contributed by atoms with Crippen LogP contribution in [0.25, 0.3) is 0 Å². The molecule has 0 aromatic carbocycles. The fraction of sp³-hybridized carbons (Fsp3) is 0.833. The van der Waals surface area contributed by atoms with Gasteiger partial charge in [-0.3, -0.25) is 0 Å². The molecule has 1 aliphatic rings. The number of halogens is 1. The molecule has 2 rings (SSSR count). The van der Waals surface area contributed by atoms with Gasteiger partial charge in [-0.1, -0.05) is 12.1 Å². The van der Waals surface area contributed by atoms with Crippen LogP contribution in [-0.2, 0) is 17.1 Å². The molecule has 0 unspecified atom stereocenters. The molecule has 0 radical (unpaired) electrons. The van der Waals surface area contributed by atoms with E-state index >= 15 is 0 Å². The van der Waals surface area contributed by atoms with Crippen molar-refractivity contribution in [1.29, 1.82) is 0 Å². The van der Waals surface area contributed by atoms with Gasteiger partial charge in [0.1, 0.15) is 0 Å². The number of likely N-dealkylation sites (tertiary alicyclic amines) is 1. The van der Waals surface area contributed by atoms with Crippen molar-refractivity contribution in [2.24, 2.45) is 7.05 Å². The second kappa shape index (κ2) is 6.72. The number of hydrogen-bond donors (Lipinski definition) is 0. The quantitative estimate of drug-likeness (QED) is 0.764. The number of aromatic nitrogens is 3. The average Bonchev–Trinajstić information content (AvgIpc) is 2.79. The van der Waals surface area contributed by atoms with E-state index in [1.165, 1.54) is 8.99 Å². The molecular weight excluding hydrogens is 358 g/mol. The Labute approximate surface area is 134 Å². The van der Waals surface area contributed by atoms with Crippen LogP contribution in [0.5, 0.6) is 0 Å². The van der Waals surface area contributed by atoms with Gasteiger partial charge in [0, 0.05) is 20.1 Å². The first kappa shape index (κ1) is 16.9. The summed E-state index contributed by atoms with van der Waals surface area (Å²) < 4.78 is 28.5. The first-order valence-electron chi connectivity index (χ1n) is 7.13. The zero-order valence-corrected chi connectivity index (χ0v) is 15.1. The van der Waals surface area contributed by atoms with Crippen LogP contribution in [0.1, 0.15) is 26.2 Å². The van der Waals surface area contributed by atoms with Crippen molar-refractivity contribution in [3.05, 3.63) is 4.60 Å². The van der Waals surface area contributed by atoms with E-state index in [2.05, 4.69) is 38.1 Å². The minimum absolute atomic E-state index is 0.0323. The third kappa shape index (κ3) is 3.46. The van der Waals surface area contributed by atoms with E-state index in [-0.39, 0.29) is 15.7 Å². The van der Waals surface area contributed by atoms with Crippen molar-refractivity contribution in [2.75, 3.05) is 26.7 Å². The Kier molecular flexibility index (Phi) is 5.39. The summed E-state index contributed by atoms with van der Waals surface area (Å²) in [5.74, 6) is 0. The Morgan fingerprint density at radius 3 is 2.48 bits per heavy atom. The van der Waals surface area contributed by atoms with E-state index in [4.69, 9.17) is 0 Å². The lowest BCUT2D eigenvalue weighted by molar-refractivity contribution is 0.170. The highest BCUT2D eigenvalue weighted by atomic mass is 79.9. The summed E-state index contributed by atoms with van der Waals surface area (Å²) in [6.45, 7) is 5.14. The van der Waals surface area contributed by atoms with Crippen LogP contribution in [0.2, 0.25) is 0 Å². The van der Waals surface area contributed by atoms with Gasteiger partial charge < -0.3 is 4.90 Å². The molecule has 0 spiro atoms. The van der Waals surface area contributed by atoms with Crippen LogP contribution in [0.4, 0.5) is 0 Å². The summed E-state index contributed by atoms with van der Waals surface area (Å²) in [6.07, 6.45) is 2.85. The minimum atomic E-state index is -3.58. The second-order valence-electron chi connectivity index (χ2n) is 5.40. The van der Waals surface area contributed by atoms with Gasteiger partial charge in [0.05, 0.1) is 0 Å². The normalized spacial score (nSPS) is 18.5. The van der Waals surface area contributed by atoms with Crippen molar-refractivity contribution in [3.8, 4) is 0 Å². The Morgan fingerprint density at radius 1 is 1.38 bits per heavy atom. The smallest absolute Gasteiger partial charge is 0.263 e. The zero-order valence-electron chi connectivity index (χ0n) is 12.7. The maximum absolute atomic E-state index is 12.7. The summed E-state index contributed by atoms with van der Waals surface area (Å²) in [6, 6.07) is 0.0323. The molecule has 21 heavy (non-hydrogen) atoms. The fourth-order valence-electron chi connectivity index (χ4n) is 2.75. The largest absolute Gasteiger partial charge is 0.303 e. The molecule has 0 amide bonds. The molecular formula is C12H22BrN5O2S. The molecule has 1 aliphatic heterocycles. The number of piperidine rings is 1. The summed E-state index contributed by atoms with van der Waals surface area (Å²) in [4.78, 5) is 2.39. The molecule has 7 nitrogen and oxygen atoms in total. The lowest BCUT2D eigenvalue weighted by Gasteiger charge is -2.35. The highest BCUT2D eigenvalue weighted by molar-refractivity contribution is 9.10. The molecule has 0 bridgehead atoms. The summed E-state index contributed by atoms with van der Waals surface area (Å²) in [7, 11) is -0.347. The van der Waals surface area contributed by atoms with Crippen molar-refractivity contribution < 1.29 is 8.42 Å². The number of aryl methyl sites for hydroxylation is 1. The van der Waals surface area contributed by atoms with Crippen LogP contribution < -0.4 is 0 Å². The van der Waals surface area contributed by atoms with Gasteiger partial charge in [0.15, 0.2) is 4.60 Å². The number of rotatable bonds is 5. The van der Waals surface area contributed by atoms with Gasteiger partial charge in [-0.15, -0.1) is 5.10 Å².